The maximum absolute atomic E-state index is 13.9. The highest BCUT2D eigenvalue weighted by Crippen LogP contribution is 2.42. The zero-order valence-corrected chi connectivity index (χ0v) is 18.6. The predicted octanol–water partition coefficient (Wildman–Crippen LogP) is 9.15. The first-order valence-corrected chi connectivity index (χ1v) is 12.1. The quantitative estimate of drug-likeness (QED) is 0.206. The zero-order chi connectivity index (χ0) is 23.1. The van der Waals surface area contributed by atoms with E-state index in [2.05, 4.69) is 12.2 Å². The Labute approximate surface area is 187 Å². The Kier molecular flexibility index (Phi) is 9.13. The van der Waals surface area contributed by atoms with Crippen LogP contribution in [0, 0.1) is 29.4 Å². The van der Waals surface area contributed by atoms with Crippen LogP contribution in [-0.4, -0.2) is 6.67 Å². The van der Waals surface area contributed by atoms with Crippen molar-refractivity contribution in [2.24, 2.45) is 17.8 Å². The van der Waals surface area contributed by atoms with Crippen LogP contribution in [0.1, 0.15) is 94.1 Å². The number of alkyl halides is 4. The molecule has 2 saturated carbocycles. The molecule has 2 fully saturated rings. The van der Waals surface area contributed by atoms with Gasteiger partial charge in [-0.05, 0) is 106 Å². The lowest BCUT2D eigenvalue weighted by molar-refractivity contribution is -0.142. The van der Waals surface area contributed by atoms with E-state index >= 15 is 0 Å². The molecule has 2 aliphatic carbocycles. The minimum Gasteiger partial charge on any atom is -0.251 e. The lowest BCUT2D eigenvalue weighted by Crippen LogP contribution is -2.18. The van der Waals surface area contributed by atoms with Gasteiger partial charge in [0, 0.05) is 0 Å². The van der Waals surface area contributed by atoms with Gasteiger partial charge in [-0.15, -0.1) is 0 Å². The van der Waals surface area contributed by atoms with E-state index < -0.39 is 23.4 Å². The van der Waals surface area contributed by atoms with Crippen LogP contribution in [-0.2, 0) is 6.18 Å². The molecule has 0 radical (unpaired) electrons. The molecule has 0 amide bonds. The third-order valence-electron chi connectivity index (χ3n) is 7.45. The van der Waals surface area contributed by atoms with Gasteiger partial charge in [0.2, 0.25) is 0 Å². The third-order valence-corrected chi connectivity index (χ3v) is 7.45. The van der Waals surface area contributed by atoms with Crippen molar-refractivity contribution in [1.29, 1.82) is 0 Å². The third kappa shape index (κ3) is 7.02. The molecular formula is C26H34F6. The Balaban J connectivity index is 1.40. The monoisotopic (exact) mass is 460 g/mol. The minimum absolute atomic E-state index is 0.0721. The molecule has 0 nitrogen and oxygen atoms in total. The fourth-order valence-corrected chi connectivity index (χ4v) is 5.51. The second kappa shape index (κ2) is 11.6. The van der Waals surface area contributed by atoms with Crippen LogP contribution < -0.4 is 0 Å². The number of hydrogen-bond acceptors (Lipinski definition) is 0. The van der Waals surface area contributed by atoms with Crippen molar-refractivity contribution in [3.05, 3.63) is 47.0 Å². The summed E-state index contributed by atoms with van der Waals surface area (Å²) in [5.74, 6) is -1.12. The number of allylic oxidation sites excluding steroid dienone is 2. The van der Waals surface area contributed by atoms with E-state index in [0.29, 0.717) is 23.8 Å². The van der Waals surface area contributed by atoms with Gasteiger partial charge in [0.05, 0.1) is 6.67 Å². The first kappa shape index (κ1) is 25.2. The summed E-state index contributed by atoms with van der Waals surface area (Å²) in [5, 5.41) is 0. The molecule has 3 rings (SSSR count). The largest absolute Gasteiger partial charge is 0.422 e. The maximum atomic E-state index is 13.9. The van der Waals surface area contributed by atoms with Gasteiger partial charge in [-0.2, -0.15) is 13.2 Å². The highest BCUT2D eigenvalue weighted by molar-refractivity contribution is 5.30. The molecule has 0 N–H and O–H groups in total. The minimum atomic E-state index is -5.02. The molecule has 6 heteroatoms. The molecule has 0 aliphatic heterocycles. The molecule has 1 aromatic carbocycles. The molecule has 2 aliphatic rings. The summed E-state index contributed by atoms with van der Waals surface area (Å²) in [4.78, 5) is 0. The molecule has 0 bridgehead atoms. The molecule has 0 saturated heterocycles. The predicted molar refractivity (Wildman–Crippen MR) is 115 cm³/mol. The summed E-state index contributed by atoms with van der Waals surface area (Å²) in [6.07, 6.45) is 11.5. The highest BCUT2D eigenvalue weighted by Gasteiger charge is 2.38. The molecule has 180 valence electrons. The lowest BCUT2D eigenvalue weighted by atomic mass is 9.74. The molecule has 0 spiro atoms. The second-order valence-corrected chi connectivity index (χ2v) is 9.69. The van der Waals surface area contributed by atoms with Crippen molar-refractivity contribution in [2.75, 3.05) is 6.67 Å². The summed E-state index contributed by atoms with van der Waals surface area (Å²) < 4.78 is 78.3. The summed E-state index contributed by atoms with van der Waals surface area (Å²) in [6.45, 7) is -0.253. The van der Waals surface area contributed by atoms with Gasteiger partial charge in [-0.25, -0.2) is 8.78 Å². The van der Waals surface area contributed by atoms with E-state index in [-0.39, 0.29) is 12.6 Å². The number of rotatable bonds is 8. The van der Waals surface area contributed by atoms with Gasteiger partial charge < -0.3 is 0 Å². The molecule has 0 atom stereocenters. The van der Waals surface area contributed by atoms with Crippen molar-refractivity contribution in [2.45, 2.75) is 89.1 Å². The Hall–Kier alpha value is -1.46. The molecule has 0 unspecified atom stereocenters. The molecular weight excluding hydrogens is 426 g/mol. The van der Waals surface area contributed by atoms with E-state index in [1.165, 1.54) is 32.1 Å². The van der Waals surface area contributed by atoms with Crippen LogP contribution in [0.3, 0.4) is 0 Å². The normalized spacial score (nSPS) is 27.2. The van der Waals surface area contributed by atoms with Crippen LogP contribution >= 0.6 is 0 Å². The van der Waals surface area contributed by atoms with Gasteiger partial charge in [-0.3, -0.25) is 4.39 Å². The van der Waals surface area contributed by atoms with Crippen LogP contribution in [0.15, 0.2) is 24.3 Å². The SMILES string of the molecule is FCCC/C=C/C1CCC(CCC2CCC(c3cc(F)c(C(F)(F)F)c(F)c3)CC2)CC1. The van der Waals surface area contributed by atoms with Crippen LogP contribution in [0.25, 0.3) is 0 Å². The van der Waals surface area contributed by atoms with Gasteiger partial charge in [0.15, 0.2) is 0 Å². The smallest absolute Gasteiger partial charge is 0.251 e. The Bertz CT molecular complexity index is 714. The van der Waals surface area contributed by atoms with E-state index in [9.17, 15) is 26.3 Å². The topological polar surface area (TPSA) is 0 Å². The summed E-state index contributed by atoms with van der Waals surface area (Å²) >= 11 is 0. The number of unbranched alkanes of at least 4 members (excludes halogenated alkanes) is 1. The molecule has 0 heterocycles. The van der Waals surface area contributed by atoms with Crippen molar-refractivity contribution < 1.29 is 26.3 Å². The standard InChI is InChI=1S/C26H34F6/c27-15-3-1-2-4-18-5-7-19(8-6-18)9-10-20-11-13-21(14-12-20)22-16-23(28)25(24(29)17-22)26(30,31)32/h2,4,16-21H,1,3,5-15H2/b4-2+. The molecule has 0 aromatic heterocycles. The Morgan fingerprint density at radius 1 is 0.812 bits per heavy atom. The van der Waals surface area contributed by atoms with Crippen molar-refractivity contribution in [3.8, 4) is 0 Å². The fourth-order valence-electron chi connectivity index (χ4n) is 5.51. The van der Waals surface area contributed by atoms with Gasteiger partial charge in [0.1, 0.15) is 17.2 Å². The summed E-state index contributed by atoms with van der Waals surface area (Å²) in [6, 6.07) is 1.75. The van der Waals surface area contributed by atoms with Crippen LogP contribution in [0.2, 0.25) is 0 Å². The van der Waals surface area contributed by atoms with Crippen molar-refractivity contribution >= 4 is 0 Å². The average Bonchev–Trinajstić information content (AvgIpc) is 2.75. The van der Waals surface area contributed by atoms with Crippen LogP contribution in [0.5, 0.6) is 0 Å². The second-order valence-electron chi connectivity index (χ2n) is 9.69. The van der Waals surface area contributed by atoms with Gasteiger partial charge in [0.25, 0.3) is 0 Å². The van der Waals surface area contributed by atoms with Crippen LogP contribution in [0.4, 0.5) is 26.3 Å². The lowest BCUT2D eigenvalue weighted by Gasteiger charge is -2.31. The Morgan fingerprint density at radius 2 is 1.34 bits per heavy atom. The number of benzene rings is 1. The maximum Gasteiger partial charge on any atom is 0.422 e. The summed E-state index contributed by atoms with van der Waals surface area (Å²) in [5.41, 5.74) is -1.44. The van der Waals surface area contributed by atoms with E-state index in [0.717, 1.165) is 56.6 Å². The van der Waals surface area contributed by atoms with Gasteiger partial charge in [-0.1, -0.05) is 25.0 Å². The average molecular weight is 461 g/mol. The molecule has 1 aromatic rings. The van der Waals surface area contributed by atoms with Gasteiger partial charge >= 0.3 is 6.18 Å². The molecule has 32 heavy (non-hydrogen) atoms. The highest BCUT2D eigenvalue weighted by atomic mass is 19.4. The summed E-state index contributed by atoms with van der Waals surface area (Å²) in [7, 11) is 0. The van der Waals surface area contributed by atoms with Crippen molar-refractivity contribution in [3.63, 3.8) is 0 Å². The number of hydrogen-bond donors (Lipinski definition) is 0. The van der Waals surface area contributed by atoms with E-state index in [4.69, 9.17) is 0 Å². The first-order valence-electron chi connectivity index (χ1n) is 12.1. The zero-order valence-electron chi connectivity index (χ0n) is 18.6. The first-order chi connectivity index (χ1) is 15.3. The Morgan fingerprint density at radius 3 is 1.84 bits per heavy atom. The number of halogens is 6. The fraction of sp³-hybridized carbons (Fsp3) is 0.692. The van der Waals surface area contributed by atoms with Crippen molar-refractivity contribution in [1.82, 2.24) is 0 Å². The van der Waals surface area contributed by atoms with E-state index in [1.54, 1.807) is 0 Å². The van der Waals surface area contributed by atoms with E-state index in [1.807, 2.05) is 0 Å².